The Bertz CT molecular complexity index is 696. The van der Waals surface area contributed by atoms with Gasteiger partial charge in [-0.1, -0.05) is 0 Å². The van der Waals surface area contributed by atoms with E-state index >= 15 is 0 Å². The fourth-order valence-electron chi connectivity index (χ4n) is 2.31. The van der Waals surface area contributed by atoms with Crippen LogP contribution in [0, 0.1) is 5.41 Å². The Morgan fingerprint density at radius 1 is 1.30 bits per heavy atom. The molecule has 20 heavy (non-hydrogen) atoms. The lowest BCUT2D eigenvalue weighted by atomic mass is 10.1. The van der Waals surface area contributed by atoms with Crippen LogP contribution in [0.5, 0.6) is 0 Å². The van der Waals surface area contributed by atoms with Crippen LogP contribution < -0.4 is 5.49 Å². The Balaban J connectivity index is 2.08. The zero-order valence-electron chi connectivity index (χ0n) is 10.7. The number of imidazole rings is 1. The molecular weight excluding hydrogens is 266 g/mol. The number of fused-ring (bicyclic) bond motifs is 1. The minimum Gasteiger partial charge on any atom is -0.394 e. The molecule has 0 spiro atoms. The summed E-state index contributed by atoms with van der Waals surface area (Å²) < 4.78 is 8.39. The molecule has 1 aliphatic rings. The predicted molar refractivity (Wildman–Crippen MR) is 65.4 cm³/mol. The Labute approximate surface area is 113 Å². The van der Waals surface area contributed by atoms with Crippen LogP contribution in [0.4, 0.5) is 0 Å². The summed E-state index contributed by atoms with van der Waals surface area (Å²) in [5, 5.41) is 36.8. The number of aliphatic hydroxyl groups is 3. The number of aryl methyl sites for hydroxylation is 1. The summed E-state index contributed by atoms with van der Waals surface area (Å²) in [6, 6.07) is 0. The number of aromatic nitrogens is 4. The van der Waals surface area contributed by atoms with E-state index in [0.717, 1.165) is 0 Å². The van der Waals surface area contributed by atoms with Crippen molar-refractivity contribution >= 4 is 11.2 Å². The van der Waals surface area contributed by atoms with E-state index < -0.39 is 31.1 Å². The first kappa shape index (κ1) is 13.2. The average Bonchev–Trinajstić information content (AvgIpc) is 2.98. The van der Waals surface area contributed by atoms with E-state index in [1.54, 1.807) is 7.05 Å². The third-order valence-electron chi connectivity index (χ3n) is 3.49. The highest BCUT2D eigenvalue weighted by atomic mass is 16.6. The molecule has 0 unspecified atom stereocenters. The van der Waals surface area contributed by atoms with Crippen molar-refractivity contribution in [2.75, 3.05) is 6.61 Å². The molecule has 2 aromatic rings. The lowest BCUT2D eigenvalue weighted by molar-refractivity contribution is -0.0511. The van der Waals surface area contributed by atoms with Gasteiger partial charge in [0.1, 0.15) is 23.8 Å². The van der Waals surface area contributed by atoms with E-state index in [1.807, 2.05) is 0 Å². The molecule has 0 radical (unpaired) electrons. The molecule has 3 heterocycles. The Hall–Kier alpha value is -1.81. The van der Waals surface area contributed by atoms with Crippen LogP contribution >= 0.6 is 0 Å². The van der Waals surface area contributed by atoms with Crippen molar-refractivity contribution in [2.24, 2.45) is 7.05 Å². The van der Waals surface area contributed by atoms with Crippen molar-refractivity contribution in [3.8, 4) is 0 Å². The van der Waals surface area contributed by atoms with Gasteiger partial charge < -0.3 is 24.6 Å². The van der Waals surface area contributed by atoms with Gasteiger partial charge >= 0.3 is 0 Å². The van der Waals surface area contributed by atoms with Gasteiger partial charge in [-0.25, -0.2) is 9.97 Å². The van der Waals surface area contributed by atoms with Crippen molar-refractivity contribution < 1.29 is 20.1 Å². The Morgan fingerprint density at radius 2 is 2.05 bits per heavy atom. The van der Waals surface area contributed by atoms with Crippen LogP contribution in [-0.4, -0.2) is 59.3 Å². The molecule has 0 aliphatic carbocycles. The van der Waals surface area contributed by atoms with Gasteiger partial charge in [0.2, 0.25) is 0 Å². The zero-order chi connectivity index (χ0) is 14.4. The van der Waals surface area contributed by atoms with E-state index in [2.05, 4.69) is 9.97 Å². The molecule has 9 heteroatoms. The van der Waals surface area contributed by atoms with Crippen LogP contribution in [0.2, 0.25) is 0 Å². The highest BCUT2D eigenvalue weighted by Crippen LogP contribution is 2.30. The predicted octanol–water partition coefficient (Wildman–Crippen LogP) is -2.14. The topological polar surface area (TPSA) is 129 Å². The monoisotopic (exact) mass is 281 g/mol. The number of rotatable bonds is 2. The molecule has 0 bridgehead atoms. The number of nitrogens with zero attached hydrogens (tertiary/aromatic N) is 4. The minimum atomic E-state index is -1.20. The van der Waals surface area contributed by atoms with Crippen LogP contribution in [0.15, 0.2) is 12.7 Å². The summed E-state index contributed by atoms with van der Waals surface area (Å²) in [4.78, 5) is 8.26. The maximum absolute atomic E-state index is 10.00. The second kappa shape index (κ2) is 4.63. The van der Waals surface area contributed by atoms with Crippen LogP contribution in [-0.2, 0) is 11.8 Å². The second-order valence-electron chi connectivity index (χ2n) is 4.76. The van der Waals surface area contributed by atoms with Gasteiger partial charge in [-0.2, -0.15) is 0 Å². The van der Waals surface area contributed by atoms with Gasteiger partial charge in [-0.3, -0.25) is 9.98 Å². The largest absolute Gasteiger partial charge is 0.394 e. The lowest BCUT2D eigenvalue weighted by Gasteiger charge is -2.16. The van der Waals surface area contributed by atoms with Crippen molar-refractivity contribution in [3.05, 3.63) is 18.1 Å². The van der Waals surface area contributed by atoms with Gasteiger partial charge in [0.05, 0.1) is 19.3 Å². The fourth-order valence-corrected chi connectivity index (χ4v) is 2.31. The van der Waals surface area contributed by atoms with Crippen LogP contribution in [0.1, 0.15) is 6.23 Å². The molecule has 0 saturated carbocycles. The van der Waals surface area contributed by atoms with Gasteiger partial charge in [0.15, 0.2) is 17.4 Å². The maximum Gasteiger partial charge on any atom is 0.167 e. The standard InChI is InChI=1S/C11H15N5O4/c1-15-3-14-10-6(9(15)12)13-4-16(10)11-8(19)7(18)5(2-17)20-11/h3-5,7-8,11-12,17-19H,2H2,1H3/t5-,7-,8-,11-/m0/s1. The average molecular weight is 281 g/mol. The van der Waals surface area contributed by atoms with Crippen molar-refractivity contribution in [1.29, 1.82) is 5.41 Å². The number of hydrogen-bond acceptors (Lipinski definition) is 7. The highest BCUT2D eigenvalue weighted by Gasteiger charge is 2.43. The Kier molecular flexibility index (Phi) is 3.05. The van der Waals surface area contributed by atoms with Crippen LogP contribution in [0.3, 0.4) is 0 Å². The number of ether oxygens (including phenoxy) is 1. The van der Waals surface area contributed by atoms with Crippen LogP contribution in [0.25, 0.3) is 11.2 Å². The molecule has 2 aromatic heterocycles. The van der Waals surface area contributed by atoms with Crippen molar-refractivity contribution in [1.82, 2.24) is 19.1 Å². The maximum atomic E-state index is 10.00. The first-order valence-electron chi connectivity index (χ1n) is 6.09. The quantitative estimate of drug-likeness (QED) is 0.497. The molecule has 108 valence electrons. The molecule has 1 fully saturated rings. The summed E-state index contributed by atoms with van der Waals surface area (Å²) in [5.74, 6) is 0. The minimum absolute atomic E-state index is 0.181. The van der Waals surface area contributed by atoms with Gasteiger partial charge in [-0.05, 0) is 0 Å². The SMILES string of the molecule is Cn1cnc2c(ncn2[C@H]2O[C@@H](CO)[C@H](O)[C@@H]2O)c1=N. The van der Waals surface area contributed by atoms with Crippen molar-refractivity contribution in [3.63, 3.8) is 0 Å². The fraction of sp³-hybridized carbons (Fsp3) is 0.545. The third kappa shape index (κ3) is 1.75. The summed E-state index contributed by atoms with van der Waals surface area (Å²) in [6.07, 6.45) is -1.28. The number of nitrogens with one attached hydrogen (secondary N) is 1. The molecule has 4 atom stereocenters. The molecule has 3 rings (SSSR count). The molecule has 4 N–H and O–H groups in total. The molecule has 0 aromatic carbocycles. The normalized spacial score (nSPS) is 30.2. The van der Waals surface area contributed by atoms with Crippen molar-refractivity contribution in [2.45, 2.75) is 24.5 Å². The molecule has 9 nitrogen and oxygen atoms in total. The second-order valence-corrected chi connectivity index (χ2v) is 4.76. The lowest BCUT2D eigenvalue weighted by Crippen LogP contribution is -2.33. The number of hydrogen-bond donors (Lipinski definition) is 4. The summed E-state index contributed by atoms with van der Waals surface area (Å²) >= 11 is 0. The molecular formula is C11H15N5O4. The smallest absolute Gasteiger partial charge is 0.167 e. The first-order chi connectivity index (χ1) is 9.54. The third-order valence-corrected chi connectivity index (χ3v) is 3.49. The van der Waals surface area contributed by atoms with E-state index in [0.29, 0.717) is 11.2 Å². The molecule has 0 amide bonds. The van der Waals surface area contributed by atoms with Gasteiger partial charge in [0.25, 0.3) is 0 Å². The summed E-state index contributed by atoms with van der Waals surface area (Å²) in [6.45, 7) is -0.395. The summed E-state index contributed by atoms with van der Waals surface area (Å²) in [7, 11) is 1.68. The molecule has 1 saturated heterocycles. The van der Waals surface area contributed by atoms with E-state index in [9.17, 15) is 10.2 Å². The Morgan fingerprint density at radius 3 is 2.70 bits per heavy atom. The number of aliphatic hydroxyl groups excluding tert-OH is 3. The van der Waals surface area contributed by atoms with Gasteiger partial charge in [0, 0.05) is 7.05 Å². The zero-order valence-corrected chi connectivity index (χ0v) is 10.7. The van der Waals surface area contributed by atoms with E-state index in [1.165, 1.54) is 21.8 Å². The summed E-state index contributed by atoms with van der Waals surface area (Å²) in [5.41, 5.74) is 0.927. The van der Waals surface area contributed by atoms with E-state index in [-0.39, 0.29) is 5.49 Å². The molecule has 1 aliphatic heterocycles. The highest BCUT2D eigenvalue weighted by molar-refractivity contribution is 5.68. The van der Waals surface area contributed by atoms with Gasteiger partial charge in [-0.15, -0.1) is 0 Å². The first-order valence-corrected chi connectivity index (χ1v) is 6.09. The van der Waals surface area contributed by atoms with E-state index in [4.69, 9.17) is 15.3 Å².